The molecule has 3 rings (SSSR count). The molecular formula is C19H18Cl2O2. The van der Waals surface area contributed by atoms with E-state index in [0.717, 1.165) is 12.0 Å². The van der Waals surface area contributed by atoms with Crippen molar-refractivity contribution in [2.45, 2.75) is 19.8 Å². The summed E-state index contributed by atoms with van der Waals surface area (Å²) in [6.07, 6.45) is 1.48. The molecule has 1 fully saturated rings. The molecule has 0 radical (unpaired) electrons. The Bertz CT molecular complexity index is 710. The predicted molar refractivity (Wildman–Crippen MR) is 93.0 cm³/mol. The van der Waals surface area contributed by atoms with Crippen LogP contribution in [0.2, 0.25) is 10.0 Å². The van der Waals surface area contributed by atoms with Crippen LogP contribution in [0.25, 0.3) is 0 Å². The molecule has 0 N–H and O–H groups in total. The van der Waals surface area contributed by atoms with Crippen LogP contribution in [0.5, 0.6) is 0 Å². The smallest absolute Gasteiger partial charge is 0.309 e. The predicted octanol–water partition coefficient (Wildman–Crippen LogP) is 4.88. The van der Waals surface area contributed by atoms with Crippen LogP contribution in [0.3, 0.4) is 0 Å². The van der Waals surface area contributed by atoms with Crippen LogP contribution in [0.4, 0.5) is 0 Å². The Labute approximate surface area is 146 Å². The lowest BCUT2D eigenvalue weighted by atomic mass is 9.85. The van der Waals surface area contributed by atoms with Gasteiger partial charge >= 0.3 is 5.97 Å². The molecule has 1 saturated heterocycles. The van der Waals surface area contributed by atoms with Crippen molar-refractivity contribution in [3.8, 4) is 0 Å². The van der Waals surface area contributed by atoms with Crippen molar-refractivity contribution in [3.63, 3.8) is 0 Å². The van der Waals surface area contributed by atoms with Gasteiger partial charge in [-0.2, -0.15) is 0 Å². The lowest BCUT2D eigenvalue weighted by Gasteiger charge is -2.16. The molecule has 2 aromatic carbocycles. The highest BCUT2D eigenvalue weighted by molar-refractivity contribution is 6.42. The van der Waals surface area contributed by atoms with Crippen LogP contribution in [0.1, 0.15) is 16.7 Å². The maximum Gasteiger partial charge on any atom is 0.309 e. The summed E-state index contributed by atoms with van der Waals surface area (Å²) in [4.78, 5) is 12.1. The van der Waals surface area contributed by atoms with Crippen LogP contribution in [0, 0.1) is 18.8 Å². The first-order valence-electron chi connectivity index (χ1n) is 7.69. The molecular weight excluding hydrogens is 331 g/mol. The quantitative estimate of drug-likeness (QED) is 0.736. The fraction of sp³-hybridized carbons (Fsp3) is 0.316. The number of cyclic esters (lactones) is 1. The SMILES string of the molecule is Cc1ccc(C[C@H]2COC(=O)[C@@H]2Cc2ccc(Cl)c(Cl)c2)cc1. The van der Waals surface area contributed by atoms with Crippen molar-refractivity contribution in [1.82, 2.24) is 0 Å². The summed E-state index contributed by atoms with van der Waals surface area (Å²) < 4.78 is 5.30. The van der Waals surface area contributed by atoms with Gasteiger partial charge in [-0.3, -0.25) is 4.79 Å². The Morgan fingerprint density at radius 2 is 1.70 bits per heavy atom. The van der Waals surface area contributed by atoms with Gasteiger partial charge in [0.25, 0.3) is 0 Å². The second kappa shape index (κ2) is 6.94. The summed E-state index contributed by atoms with van der Waals surface area (Å²) in [5.74, 6) is -0.0543. The van der Waals surface area contributed by atoms with Crippen LogP contribution in [-0.2, 0) is 22.4 Å². The minimum atomic E-state index is -0.131. The van der Waals surface area contributed by atoms with Crippen LogP contribution >= 0.6 is 23.2 Å². The number of carbonyl (C=O) groups excluding carboxylic acids is 1. The Hall–Kier alpha value is -1.51. The zero-order valence-corrected chi connectivity index (χ0v) is 14.4. The summed E-state index contributed by atoms with van der Waals surface area (Å²) >= 11 is 12.0. The number of benzene rings is 2. The lowest BCUT2D eigenvalue weighted by Crippen LogP contribution is -2.20. The van der Waals surface area contributed by atoms with Gasteiger partial charge in [-0.1, -0.05) is 59.1 Å². The maximum atomic E-state index is 12.1. The zero-order valence-electron chi connectivity index (χ0n) is 12.9. The summed E-state index contributed by atoms with van der Waals surface area (Å²) in [6, 6.07) is 14.0. The van der Waals surface area contributed by atoms with Crippen molar-refractivity contribution in [2.24, 2.45) is 11.8 Å². The van der Waals surface area contributed by atoms with E-state index in [0.29, 0.717) is 23.1 Å². The Morgan fingerprint density at radius 1 is 1.00 bits per heavy atom. The van der Waals surface area contributed by atoms with Gasteiger partial charge in [-0.25, -0.2) is 0 Å². The summed E-state index contributed by atoms with van der Waals surface area (Å²) in [5, 5.41) is 1.05. The van der Waals surface area contributed by atoms with Crippen molar-refractivity contribution in [3.05, 3.63) is 69.2 Å². The van der Waals surface area contributed by atoms with E-state index < -0.39 is 0 Å². The lowest BCUT2D eigenvalue weighted by molar-refractivity contribution is -0.141. The second-order valence-electron chi connectivity index (χ2n) is 6.14. The highest BCUT2D eigenvalue weighted by atomic mass is 35.5. The maximum absolute atomic E-state index is 12.1. The Kier molecular flexibility index (Phi) is 4.93. The highest BCUT2D eigenvalue weighted by Gasteiger charge is 2.36. The average molecular weight is 349 g/mol. The van der Waals surface area contributed by atoms with E-state index in [1.165, 1.54) is 11.1 Å². The molecule has 0 saturated carbocycles. The van der Waals surface area contributed by atoms with Crippen LogP contribution < -0.4 is 0 Å². The first kappa shape index (κ1) is 16.4. The van der Waals surface area contributed by atoms with Gasteiger partial charge in [0.2, 0.25) is 0 Å². The number of ether oxygens (including phenoxy) is 1. The molecule has 0 spiro atoms. The molecule has 2 aromatic rings. The summed E-state index contributed by atoms with van der Waals surface area (Å²) in [5.41, 5.74) is 3.48. The van der Waals surface area contributed by atoms with E-state index in [4.69, 9.17) is 27.9 Å². The van der Waals surface area contributed by atoms with Crippen LogP contribution in [0.15, 0.2) is 42.5 Å². The number of esters is 1. The third-order valence-corrected chi connectivity index (χ3v) is 5.11. The molecule has 4 heteroatoms. The van der Waals surface area contributed by atoms with Gasteiger partial charge in [-0.15, -0.1) is 0 Å². The first-order valence-corrected chi connectivity index (χ1v) is 8.44. The van der Waals surface area contributed by atoms with Crippen molar-refractivity contribution < 1.29 is 9.53 Å². The van der Waals surface area contributed by atoms with Crippen molar-refractivity contribution >= 4 is 29.2 Å². The number of rotatable bonds is 4. The van der Waals surface area contributed by atoms with Gasteiger partial charge < -0.3 is 4.74 Å². The summed E-state index contributed by atoms with van der Waals surface area (Å²) in [7, 11) is 0. The van der Waals surface area contributed by atoms with Crippen molar-refractivity contribution in [2.75, 3.05) is 6.61 Å². The zero-order chi connectivity index (χ0) is 16.4. The molecule has 0 bridgehead atoms. The minimum Gasteiger partial charge on any atom is -0.465 e. The number of halogens is 2. The van der Waals surface area contributed by atoms with E-state index in [-0.39, 0.29) is 17.8 Å². The standard InChI is InChI=1S/C19H18Cl2O2/c1-12-2-4-13(5-3-12)8-15-11-23-19(22)16(15)9-14-6-7-17(20)18(21)10-14/h2-7,10,15-16H,8-9,11H2,1H3/t15-,16+/m0/s1. The third-order valence-electron chi connectivity index (χ3n) is 4.37. The van der Waals surface area contributed by atoms with Crippen LogP contribution in [-0.4, -0.2) is 12.6 Å². The molecule has 1 aliphatic heterocycles. The van der Waals surface area contributed by atoms with Gasteiger partial charge in [0.05, 0.1) is 22.6 Å². The van der Waals surface area contributed by atoms with E-state index >= 15 is 0 Å². The second-order valence-corrected chi connectivity index (χ2v) is 6.95. The molecule has 0 aliphatic carbocycles. The summed E-state index contributed by atoms with van der Waals surface area (Å²) in [6.45, 7) is 2.55. The number of aryl methyl sites for hydroxylation is 1. The van der Waals surface area contributed by atoms with E-state index in [1.807, 2.05) is 12.1 Å². The number of carbonyl (C=O) groups is 1. The third kappa shape index (κ3) is 3.88. The van der Waals surface area contributed by atoms with E-state index in [1.54, 1.807) is 6.07 Å². The molecule has 0 aromatic heterocycles. The Balaban J connectivity index is 1.74. The fourth-order valence-corrected chi connectivity index (χ4v) is 3.32. The average Bonchev–Trinajstić information content (AvgIpc) is 2.86. The normalized spacial score (nSPS) is 20.6. The van der Waals surface area contributed by atoms with Gasteiger partial charge in [-0.05, 0) is 43.0 Å². The topological polar surface area (TPSA) is 26.3 Å². The molecule has 120 valence electrons. The minimum absolute atomic E-state index is 0.117. The molecule has 1 aliphatic rings. The fourth-order valence-electron chi connectivity index (χ4n) is 3.00. The monoisotopic (exact) mass is 348 g/mol. The molecule has 1 heterocycles. The largest absolute Gasteiger partial charge is 0.465 e. The van der Waals surface area contributed by atoms with Gasteiger partial charge in [0, 0.05) is 5.92 Å². The Morgan fingerprint density at radius 3 is 2.39 bits per heavy atom. The highest BCUT2D eigenvalue weighted by Crippen LogP contribution is 2.31. The molecule has 2 nitrogen and oxygen atoms in total. The van der Waals surface area contributed by atoms with Gasteiger partial charge in [0.1, 0.15) is 0 Å². The van der Waals surface area contributed by atoms with E-state index in [9.17, 15) is 4.79 Å². The van der Waals surface area contributed by atoms with Crippen molar-refractivity contribution in [1.29, 1.82) is 0 Å². The molecule has 0 amide bonds. The number of hydrogen-bond donors (Lipinski definition) is 0. The molecule has 0 unspecified atom stereocenters. The first-order chi connectivity index (χ1) is 11.0. The van der Waals surface area contributed by atoms with Gasteiger partial charge in [0.15, 0.2) is 0 Å². The molecule has 23 heavy (non-hydrogen) atoms. The van der Waals surface area contributed by atoms with E-state index in [2.05, 4.69) is 31.2 Å². The molecule has 2 atom stereocenters. The number of hydrogen-bond acceptors (Lipinski definition) is 2.